The summed E-state index contributed by atoms with van der Waals surface area (Å²) in [6.45, 7) is 0.663. The van der Waals surface area contributed by atoms with Gasteiger partial charge in [0.25, 0.3) is 0 Å². The van der Waals surface area contributed by atoms with E-state index >= 15 is 0 Å². The summed E-state index contributed by atoms with van der Waals surface area (Å²) in [6, 6.07) is 0. The lowest BCUT2D eigenvalue weighted by Gasteiger charge is -2.22. The molecule has 0 amide bonds. The summed E-state index contributed by atoms with van der Waals surface area (Å²) in [7, 11) is -2.86. The Morgan fingerprint density at radius 2 is 2.05 bits per heavy atom. The van der Waals surface area contributed by atoms with Gasteiger partial charge in [-0.3, -0.25) is 0 Å². The Morgan fingerprint density at radius 3 is 2.47 bits per heavy atom. The second-order valence-corrected chi connectivity index (χ2v) is 4.58. The van der Waals surface area contributed by atoms with E-state index in [-0.39, 0.29) is 6.42 Å². The minimum absolute atomic E-state index is 0.215. The lowest BCUT2D eigenvalue weighted by Crippen LogP contribution is -2.31. The van der Waals surface area contributed by atoms with Gasteiger partial charge in [-0.05, 0) is 13.0 Å². The smallest absolute Gasteiger partial charge is 0.425 e. The Labute approximate surface area is 107 Å². The molecular formula is C10H9F3O5S. The van der Waals surface area contributed by atoms with E-state index in [1.807, 2.05) is 0 Å². The molecule has 1 atom stereocenters. The third-order valence-corrected chi connectivity index (χ3v) is 3.03. The number of hydrogen-bond acceptors (Lipinski definition) is 4. The van der Waals surface area contributed by atoms with E-state index in [1.54, 1.807) is 0 Å². The van der Waals surface area contributed by atoms with Gasteiger partial charge in [0, 0.05) is 6.42 Å². The highest BCUT2D eigenvalue weighted by Crippen LogP contribution is 2.27. The molecule has 0 saturated heterocycles. The van der Waals surface area contributed by atoms with Crippen LogP contribution in [0.4, 0.5) is 13.2 Å². The molecule has 0 unspecified atom stereocenters. The number of aliphatic carboxylic acids is 1. The molecule has 0 bridgehead atoms. The molecule has 1 aliphatic carbocycles. The molecule has 5 nitrogen and oxygen atoms in total. The molecule has 1 N–H and O–H groups in total. The van der Waals surface area contributed by atoms with Crippen LogP contribution in [0.5, 0.6) is 0 Å². The summed E-state index contributed by atoms with van der Waals surface area (Å²) in [4.78, 5) is 10.4. The van der Waals surface area contributed by atoms with E-state index in [2.05, 4.69) is 4.74 Å². The molecule has 0 heterocycles. The largest absolute Gasteiger partial charge is 0.479 e. The number of carboxylic acids is 1. The molecule has 9 heteroatoms. The molecule has 0 aromatic rings. The lowest BCUT2D eigenvalue weighted by atomic mass is 10.0. The highest BCUT2D eigenvalue weighted by atomic mass is 32.2. The average Bonchev–Trinajstić information content (AvgIpc) is 2.27. The fraction of sp³-hybridized carbons (Fsp3) is 0.400. The Hall–Kier alpha value is -1.77. The Morgan fingerprint density at radius 1 is 1.47 bits per heavy atom. The highest BCUT2D eigenvalue weighted by molar-refractivity contribution is 7.73. The van der Waals surface area contributed by atoms with Crippen LogP contribution in [0.15, 0.2) is 23.5 Å². The summed E-state index contributed by atoms with van der Waals surface area (Å²) in [5.41, 5.74) is -0.624. The first-order valence-corrected chi connectivity index (χ1v) is 6.05. The monoisotopic (exact) mass is 298 g/mol. The van der Waals surface area contributed by atoms with Crippen LogP contribution in [0.3, 0.4) is 0 Å². The van der Waals surface area contributed by atoms with Crippen molar-refractivity contribution >= 4 is 21.1 Å². The van der Waals surface area contributed by atoms with Gasteiger partial charge in [0.15, 0.2) is 11.9 Å². The van der Waals surface area contributed by atoms with Gasteiger partial charge in [0.05, 0.1) is 0 Å². The predicted octanol–water partition coefficient (Wildman–Crippen LogP) is 1.30. The molecule has 0 radical (unpaired) electrons. The van der Waals surface area contributed by atoms with Crippen LogP contribution >= 0.6 is 0 Å². The third-order valence-electron chi connectivity index (χ3n) is 2.27. The van der Waals surface area contributed by atoms with E-state index in [0.29, 0.717) is 6.92 Å². The molecule has 1 rings (SSSR count). The summed E-state index contributed by atoms with van der Waals surface area (Å²) in [6.07, 6.45) is -5.03. The number of hydrogen-bond donors (Lipinski definition) is 1. The van der Waals surface area contributed by atoms with Crippen molar-refractivity contribution in [3.8, 4) is 0 Å². The van der Waals surface area contributed by atoms with Crippen molar-refractivity contribution in [1.82, 2.24) is 0 Å². The first-order chi connectivity index (χ1) is 8.64. The molecule has 106 valence electrons. The highest BCUT2D eigenvalue weighted by Gasteiger charge is 2.40. The Balaban J connectivity index is 3.32. The lowest BCUT2D eigenvalue weighted by molar-refractivity contribution is -0.201. The quantitative estimate of drug-likeness (QED) is 0.794. The molecule has 1 aliphatic rings. The van der Waals surface area contributed by atoms with Gasteiger partial charge in [-0.25, -0.2) is 4.79 Å². The summed E-state index contributed by atoms with van der Waals surface area (Å²) in [5, 5.41) is 8.84. The van der Waals surface area contributed by atoms with Crippen molar-refractivity contribution < 1.29 is 36.2 Å². The van der Waals surface area contributed by atoms with Crippen LogP contribution in [-0.4, -0.2) is 36.6 Å². The van der Waals surface area contributed by atoms with E-state index in [9.17, 15) is 26.4 Å². The Bertz CT molecular complexity index is 575. The molecule has 0 saturated carbocycles. The van der Waals surface area contributed by atoms with E-state index in [1.165, 1.54) is 6.08 Å². The standard InChI is InChI=1S/C10H9F3O5S/c1-5(10(11,12)13)18-8-6(9(14)15)3-2-4-7(8)19(16)17/h2-3,5H,4H2,1H3,(H,14,15)/t5-/m0/s1. The number of alkyl halides is 3. The number of carbonyl (C=O) groups is 1. The minimum Gasteiger partial charge on any atom is -0.479 e. The van der Waals surface area contributed by atoms with Crippen molar-refractivity contribution in [3.63, 3.8) is 0 Å². The number of halogens is 3. The first kappa shape index (κ1) is 15.3. The van der Waals surface area contributed by atoms with Gasteiger partial charge >= 0.3 is 12.1 Å². The van der Waals surface area contributed by atoms with E-state index < -0.39 is 44.7 Å². The zero-order valence-electron chi connectivity index (χ0n) is 9.56. The zero-order chi connectivity index (χ0) is 14.8. The predicted molar refractivity (Wildman–Crippen MR) is 58.9 cm³/mol. The van der Waals surface area contributed by atoms with Gasteiger partial charge in [-0.15, -0.1) is 0 Å². The van der Waals surface area contributed by atoms with Crippen LogP contribution in [0.25, 0.3) is 0 Å². The molecule has 0 aromatic heterocycles. The SMILES string of the molecule is C[C@H](OC1=C(C(=O)O)C=CCC1=S(=O)=O)C(F)(F)F. The number of ether oxygens (including phenoxy) is 1. The third kappa shape index (κ3) is 3.60. The normalized spacial score (nSPS) is 17.4. The summed E-state index contributed by atoms with van der Waals surface area (Å²) < 4.78 is 63.5. The maximum absolute atomic E-state index is 12.4. The van der Waals surface area contributed by atoms with Crippen molar-refractivity contribution in [2.45, 2.75) is 25.6 Å². The summed E-state index contributed by atoms with van der Waals surface area (Å²) in [5.74, 6) is -2.34. The van der Waals surface area contributed by atoms with Crippen LogP contribution in [0.1, 0.15) is 13.3 Å². The number of rotatable bonds is 3. The van der Waals surface area contributed by atoms with Crippen molar-refractivity contribution in [3.05, 3.63) is 23.5 Å². The number of carboxylic acid groups (broad SMARTS) is 1. The molecule has 0 aromatic carbocycles. The van der Waals surface area contributed by atoms with Gasteiger partial charge in [-0.1, -0.05) is 6.08 Å². The number of allylic oxidation sites excluding steroid dienone is 2. The van der Waals surface area contributed by atoms with Crippen molar-refractivity contribution in [2.75, 3.05) is 0 Å². The fourth-order valence-electron chi connectivity index (χ4n) is 1.29. The maximum atomic E-state index is 12.4. The Kier molecular flexibility index (Phi) is 4.40. The van der Waals surface area contributed by atoms with Gasteiger partial charge in [-0.2, -0.15) is 21.6 Å². The molecule has 19 heavy (non-hydrogen) atoms. The van der Waals surface area contributed by atoms with E-state index in [4.69, 9.17) is 5.11 Å². The van der Waals surface area contributed by atoms with Crippen LogP contribution in [0, 0.1) is 0 Å². The van der Waals surface area contributed by atoms with E-state index in [0.717, 1.165) is 6.08 Å². The van der Waals surface area contributed by atoms with Crippen LogP contribution < -0.4 is 0 Å². The minimum atomic E-state index is -4.73. The van der Waals surface area contributed by atoms with Crippen molar-refractivity contribution in [2.24, 2.45) is 0 Å². The summed E-state index contributed by atoms with van der Waals surface area (Å²) >= 11 is 0. The van der Waals surface area contributed by atoms with Crippen molar-refractivity contribution in [1.29, 1.82) is 0 Å². The molecule has 0 fully saturated rings. The first-order valence-electron chi connectivity index (χ1n) is 4.97. The topological polar surface area (TPSA) is 80.7 Å². The molecule has 0 spiro atoms. The molecule has 0 aliphatic heterocycles. The van der Waals surface area contributed by atoms with Gasteiger partial charge in [0.2, 0.25) is 10.3 Å². The van der Waals surface area contributed by atoms with Crippen LogP contribution in [0.2, 0.25) is 0 Å². The zero-order valence-corrected chi connectivity index (χ0v) is 10.4. The van der Waals surface area contributed by atoms with Gasteiger partial charge in [0.1, 0.15) is 10.4 Å². The maximum Gasteiger partial charge on any atom is 0.425 e. The fourth-order valence-corrected chi connectivity index (χ4v) is 1.83. The molecular weight excluding hydrogens is 289 g/mol. The second-order valence-electron chi connectivity index (χ2n) is 3.61. The second kappa shape index (κ2) is 5.47. The average molecular weight is 298 g/mol. The van der Waals surface area contributed by atoms with Gasteiger partial charge < -0.3 is 9.84 Å². The van der Waals surface area contributed by atoms with Crippen LogP contribution in [-0.2, 0) is 19.8 Å².